The number of rotatable bonds is 6. The van der Waals surface area contributed by atoms with Gasteiger partial charge in [0.1, 0.15) is 0 Å². The van der Waals surface area contributed by atoms with Gasteiger partial charge in [0.15, 0.2) is 0 Å². The van der Waals surface area contributed by atoms with Crippen LogP contribution in [0.25, 0.3) is 11.1 Å². The minimum Gasteiger partial charge on any atom is -0.384 e. The van der Waals surface area contributed by atoms with Gasteiger partial charge in [-0.3, -0.25) is 0 Å². The molecule has 1 fully saturated rings. The zero-order chi connectivity index (χ0) is 19.3. The van der Waals surface area contributed by atoms with Gasteiger partial charge >= 0.3 is 0 Å². The number of hydrazone groups is 1. The first-order valence-electron chi connectivity index (χ1n) is 8.90. The van der Waals surface area contributed by atoms with Gasteiger partial charge in [-0.25, -0.2) is 13.6 Å². The summed E-state index contributed by atoms with van der Waals surface area (Å²) in [6.45, 7) is 2.45. The average molecular weight is 388 g/mol. The van der Waals surface area contributed by atoms with Crippen molar-refractivity contribution < 1.29 is 8.42 Å². The number of primary sulfonamides is 1. The molecule has 2 unspecified atom stereocenters. The second-order valence-corrected chi connectivity index (χ2v) is 8.22. The number of nitrogens with two attached hydrogens (primary N) is 2. The van der Waals surface area contributed by atoms with E-state index in [1.807, 2.05) is 36.4 Å². The number of sulfonamides is 1. The monoisotopic (exact) mass is 387 g/mol. The van der Waals surface area contributed by atoms with Crippen LogP contribution in [-0.4, -0.2) is 34.3 Å². The van der Waals surface area contributed by atoms with Crippen LogP contribution >= 0.6 is 0 Å². The number of nitrogens with one attached hydrogen (secondary N) is 2. The first-order valence-corrected chi connectivity index (χ1v) is 10.4. The maximum absolute atomic E-state index is 12.1. The van der Waals surface area contributed by atoms with E-state index >= 15 is 0 Å². The van der Waals surface area contributed by atoms with Crippen molar-refractivity contribution >= 4 is 21.9 Å². The van der Waals surface area contributed by atoms with Crippen molar-refractivity contribution in [1.29, 1.82) is 0 Å². The number of piperidine rings is 1. The summed E-state index contributed by atoms with van der Waals surface area (Å²) < 4.78 is 24.3. The highest BCUT2D eigenvalue weighted by Gasteiger charge is 2.24. The third kappa shape index (κ3) is 4.65. The quantitative estimate of drug-likeness (QED) is 0.340. The predicted octanol–water partition coefficient (Wildman–Crippen LogP) is 1.58. The molecule has 27 heavy (non-hydrogen) atoms. The highest BCUT2D eigenvalue weighted by molar-refractivity contribution is 7.89. The van der Waals surface area contributed by atoms with Crippen molar-refractivity contribution in [3.05, 3.63) is 48.5 Å². The van der Waals surface area contributed by atoms with Crippen LogP contribution in [-0.2, 0) is 10.0 Å². The van der Waals surface area contributed by atoms with Gasteiger partial charge in [0.2, 0.25) is 10.0 Å². The molecule has 0 saturated carbocycles. The average Bonchev–Trinajstić information content (AvgIpc) is 2.67. The van der Waals surface area contributed by atoms with Crippen molar-refractivity contribution in [3.8, 4) is 11.1 Å². The minimum absolute atomic E-state index is 0.115. The molecule has 1 saturated heterocycles. The van der Waals surface area contributed by atoms with E-state index < -0.39 is 10.0 Å². The number of nitrogens with zero attached hydrogens (tertiary/aromatic N) is 1. The third-order valence-corrected chi connectivity index (χ3v) is 5.86. The SMILES string of the molecule is NN=CC1CNCCC1CNc1cccc(S(N)(=O)=O)c1-c1ccccc1. The van der Waals surface area contributed by atoms with Crippen molar-refractivity contribution in [2.75, 3.05) is 25.0 Å². The van der Waals surface area contributed by atoms with E-state index in [2.05, 4.69) is 15.7 Å². The van der Waals surface area contributed by atoms with Gasteiger partial charge in [-0.05, 0) is 36.6 Å². The molecule has 0 bridgehead atoms. The zero-order valence-corrected chi connectivity index (χ0v) is 15.8. The van der Waals surface area contributed by atoms with Gasteiger partial charge in [-0.15, -0.1) is 0 Å². The molecule has 0 radical (unpaired) electrons. The molecule has 2 aromatic carbocycles. The van der Waals surface area contributed by atoms with Crippen LogP contribution < -0.4 is 21.6 Å². The molecular weight excluding hydrogens is 362 g/mol. The van der Waals surface area contributed by atoms with Gasteiger partial charge in [0, 0.05) is 36.5 Å². The van der Waals surface area contributed by atoms with Crippen molar-refractivity contribution in [3.63, 3.8) is 0 Å². The standard InChI is InChI=1S/C19H25N5O2S/c20-24-13-16-11-22-10-9-15(16)12-23-17-7-4-8-18(27(21,25)26)19(17)14-5-2-1-3-6-14/h1-8,13,15-16,22-23H,9-12,20H2,(H2,21,25,26). The number of benzene rings is 2. The molecule has 1 aliphatic rings. The van der Waals surface area contributed by atoms with E-state index in [9.17, 15) is 8.42 Å². The van der Waals surface area contributed by atoms with Crippen molar-refractivity contribution in [2.45, 2.75) is 11.3 Å². The molecule has 1 aliphatic heterocycles. The normalized spacial score (nSPS) is 20.6. The Kier molecular flexibility index (Phi) is 6.10. The fourth-order valence-electron chi connectivity index (χ4n) is 3.53. The molecule has 7 nitrogen and oxygen atoms in total. The zero-order valence-electron chi connectivity index (χ0n) is 15.0. The fourth-order valence-corrected chi connectivity index (χ4v) is 4.32. The summed E-state index contributed by atoms with van der Waals surface area (Å²) >= 11 is 0. The smallest absolute Gasteiger partial charge is 0.238 e. The Labute approximate surface area is 159 Å². The lowest BCUT2D eigenvalue weighted by atomic mass is 9.87. The van der Waals surface area contributed by atoms with E-state index in [1.54, 1.807) is 12.3 Å². The van der Waals surface area contributed by atoms with Gasteiger partial charge in [-0.2, -0.15) is 5.10 Å². The summed E-state index contributed by atoms with van der Waals surface area (Å²) in [4.78, 5) is 0.115. The highest BCUT2D eigenvalue weighted by Crippen LogP contribution is 2.34. The molecule has 6 N–H and O–H groups in total. The molecule has 3 rings (SSSR count). The van der Waals surface area contributed by atoms with Gasteiger partial charge < -0.3 is 16.5 Å². The van der Waals surface area contributed by atoms with Gasteiger partial charge in [0.05, 0.1) is 4.90 Å². The van der Waals surface area contributed by atoms with Crippen LogP contribution in [0.3, 0.4) is 0 Å². The van der Waals surface area contributed by atoms with E-state index in [0.29, 0.717) is 18.0 Å². The first-order chi connectivity index (χ1) is 13.0. The molecular formula is C19H25N5O2S. The summed E-state index contributed by atoms with van der Waals surface area (Å²) in [5, 5.41) is 15.9. The van der Waals surface area contributed by atoms with Crippen LogP contribution in [0, 0.1) is 11.8 Å². The Balaban J connectivity index is 1.93. The van der Waals surface area contributed by atoms with Gasteiger partial charge in [-0.1, -0.05) is 36.4 Å². The lowest BCUT2D eigenvalue weighted by Gasteiger charge is -2.30. The molecule has 0 aromatic heterocycles. The summed E-state index contributed by atoms with van der Waals surface area (Å²) in [7, 11) is -3.85. The third-order valence-electron chi connectivity index (χ3n) is 4.90. The largest absolute Gasteiger partial charge is 0.384 e. The molecule has 0 aliphatic carbocycles. The van der Waals surface area contributed by atoms with E-state index in [-0.39, 0.29) is 10.8 Å². The summed E-state index contributed by atoms with van der Waals surface area (Å²) in [6.07, 6.45) is 2.76. The number of anilines is 1. The molecule has 1 heterocycles. The van der Waals surface area contributed by atoms with Crippen molar-refractivity contribution in [2.24, 2.45) is 27.9 Å². The Morgan fingerprint density at radius 1 is 1.19 bits per heavy atom. The molecule has 0 amide bonds. The second kappa shape index (κ2) is 8.51. The number of hydrogen-bond donors (Lipinski definition) is 4. The first kappa shape index (κ1) is 19.3. The Bertz CT molecular complexity index is 900. The lowest BCUT2D eigenvalue weighted by molar-refractivity contribution is 0.336. The van der Waals surface area contributed by atoms with Crippen LogP contribution in [0.15, 0.2) is 58.5 Å². The summed E-state index contributed by atoms with van der Waals surface area (Å²) in [6, 6.07) is 14.5. The molecule has 8 heteroatoms. The molecule has 2 aromatic rings. The summed E-state index contributed by atoms with van der Waals surface area (Å²) in [5.41, 5.74) is 2.14. The predicted molar refractivity (Wildman–Crippen MR) is 109 cm³/mol. The topological polar surface area (TPSA) is 123 Å². The molecule has 2 atom stereocenters. The maximum Gasteiger partial charge on any atom is 0.238 e. The van der Waals surface area contributed by atoms with Crippen LogP contribution in [0.4, 0.5) is 5.69 Å². The van der Waals surface area contributed by atoms with E-state index in [0.717, 1.165) is 30.8 Å². The molecule has 0 spiro atoms. The van der Waals surface area contributed by atoms with Crippen LogP contribution in [0.1, 0.15) is 6.42 Å². The van der Waals surface area contributed by atoms with Crippen LogP contribution in [0.2, 0.25) is 0 Å². The molecule has 144 valence electrons. The lowest BCUT2D eigenvalue weighted by Crippen LogP contribution is -2.40. The highest BCUT2D eigenvalue weighted by atomic mass is 32.2. The van der Waals surface area contributed by atoms with Crippen LogP contribution in [0.5, 0.6) is 0 Å². The van der Waals surface area contributed by atoms with E-state index in [1.165, 1.54) is 6.07 Å². The van der Waals surface area contributed by atoms with E-state index in [4.69, 9.17) is 11.0 Å². The maximum atomic E-state index is 12.1. The van der Waals surface area contributed by atoms with Crippen molar-refractivity contribution in [1.82, 2.24) is 5.32 Å². The Hall–Kier alpha value is -2.42. The van der Waals surface area contributed by atoms with Gasteiger partial charge in [0.25, 0.3) is 0 Å². The Morgan fingerprint density at radius 2 is 1.96 bits per heavy atom. The fraction of sp³-hybridized carbons (Fsp3) is 0.316. The Morgan fingerprint density at radius 3 is 2.67 bits per heavy atom. The summed E-state index contributed by atoms with van der Waals surface area (Å²) in [5.74, 6) is 5.92. The minimum atomic E-state index is -3.85. The number of hydrogen-bond acceptors (Lipinski definition) is 6. The second-order valence-electron chi connectivity index (χ2n) is 6.69.